The SMILES string of the molecule is CCS(=O)(=O)c1ccc(N(C)Cc2ccc(OC)cc2)cc1. The largest absolute Gasteiger partial charge is 0.497 e. The van der Waals surface area contributed by atoms with Crippen LogP contribution in [-0.2, 0) is 16.4 Å². The molecule has 22 heavy (non-hydrogen) atoms. The molecule has 0 aliphatic heterocycles. The summed E-state index contributed by atoms with van der Waals surface area (Å²) in [6, 6.07) is 14.9. The summed E-state index contributed by atoms with van der Waals surface area (Å²) in [6.07, 6.45) is 0. The lowest BCUT2D eigenvalue weighted by Gasteiger charge is -2.20. The Labute approximate surface area is 132 Å². The van der Waals surface area contributed by atoms with Gasteiger partial charge in [-0.2, -0.15) is 0 Å². The Morgan fingerprint density at radius 2 is 1.59 bits per heavy atom. The molecule has 2 aromatic carbocycles. The maximum Gasteiger partial charge on any atom is 0.178 e. The number of sulfone groups is 1. The minimum atomic E-state index is -3.14. The van der Waals surface area contributed by atoms with Crippen molar-refractivity contribution in [3.63, 3.8) is 0 Å². The van der Waals surface area contributed by atoms with Crippen molar-refractivity contribution in [2.45, 2.75) is 18.4 Å². The highest BCUT2D eigenvalue weighted by atomic mass is 32.2. The summed E-state index contributed by atoms with van der Waals surface area (Å²) in [4.78, 5) is 2.45. The number of hydrogen-bond acceptors (Lipinski definition) is 4. The number of nitrogens with zero attached hydrogens (tertiary/aromatic N) is 1. The van der Waals surface area contributed by atoms with E-state index in [2.05, 4.69) is 4.90 Å². The third kappa shape index (κ3) is 3.80. The molecule has 0 aliphatic rings. The highest BCUT2D eigenvalue weighted by Gasteiger charge is 2.11. The van der Waals surface area contributed by atoms with Gasteiger partial charge in [-0.25, -0.2) is 8.42 Å². The third-order valence-corrected chi connectivity index (χ3v) is 5.35. The van der Waals surface area contributed by atoms with Crippen molar-refractivity contribution in [2.75, 3.05) is 24.8 Å². The first-order chi connectivity index (χ1) is 10.5. The fourth-order valence-electron chi connectivity index (χ4n) is 2.17. The van der Waals surface area contributed by atoms with Gasteiger partial charge in [0.15, 0.2) is 9.84 Å². The van der Waals surface area contributed by atoms with Crippen LogP contribution in [0.3, 0.4) is 0 Å². The quantitative estimate of drug-likeness (QED) is 0.821. The zero-order valence-corrected chi connectivity index (χ0v) is 13.9. The number of benzene rings is 2. The van der Waals surface area contributed by atoms with E-state index in [0.717, 1.165) is 23.5 Å². The first kappa shape index (κ1) is 16.4. The van der Waals surface area contributed by atoms with Crippen molar-refractivity contribution in [3.8, 4) is 5.75 Å². The van der Waals surface area contributed by atoms with Crippen LogP contribution in [0.4, 0.5) is 5.69 Å². The first-order valence-electron chi connectivity index (χ1n) is 7.13. The van der Waals surface area contributed by atoms with Crippen molar-refractivity contribution < 1.29 is 13.2 Å². The van der Waals surface area contributed by atoms with Gasteiger partial charge in [-0.15, -0.1) is 0 Å². The van der Waals surface area contributed by atoms with E-state index in [0.29, 0.717) is 4.90 Å². The molecule has 0 spiro atoms. The van der Waals surface area contributed by atoms with Crippen LogP contribution in [0.5, 0.6) is 5.75 Å². The molecule has 0 unspecified atom stereocenters. The smallest absolute Gasteiger partial charge is 0.178 e. The van der Waals surface area contributed by atoms with Crippen molar-refractivity contribution in [3.05, 3.63) is 54.1 Å². The maximum absolute atomic E-state index is 11.8. The van der Waals surface area contributed by atoms with E-state index in [1.807, 2.05) is 43.4 Å². The van der Waals surface area contributed by atoms with Crippen LogP contribution >= 0.6 is 0 Å². The molecule has 0 fully saturated rings. The fourth-order valence-corrected chi connectivity index (χ4v) is 3.05. The summed E-state index contributed by atoms with van der Waals surface area (Å²) >= 11 is 0. The summed E-state index contributed by atoms with van der Waals surface area (Å²) in [7, 11) is 0.486. The van der Waals surface area contributed by atoms with Gasteiger partial charge in [0.1, 0.15) is 5.75 Å². The van der Waals surface area contributed by atoms with Crippen molar-refractivity contribution >= 4 is 15.5 Å². The molecule has 2 aromatic rings. The summed E-state index contributed by atoms with van der Waals surface area (Å²) in [5.41, 5.74) is 2.14. The first-order valence-corrected chi connectivity index (χ1v) is 8.78. The monoisotopic (exact) mass is 319 g/mol. The Morgan fingerprint density at radius 1 is 1.00 bits per heavy atom. The van der Waals surface area contributed by atoms with Crippen molar-refractivity contribution in [1.82, 2.24) is 0 Å². The van der Waals surface area contributed by atoms with Gasteiger partial charge in [0.05, 0.1) is 17.8 Å². The van der Waals surface area contributed by atoms with Gasteiger partial charge < -0.3 is 9.64 Å². The van der Waals surface area contributed by atoms with Gasteiger partial charge in [-0.05, 0) is 42.0 Å². The number of methoxy groups -OCH3 is 1. The lowest BCUT2D eigenvalue weighted by Crippen LogP contribution is -2.16. The number of anilines is 1. The topological polar surface area (TPSA) is 46.6 Å². The van der Waals surface area contributed by atoms with E-state index in [-0.39, 0.29) is 5.75 Å². The molecule has 0 aromatic heterocycles. The third-order valence-electron chi connectivity index (χ3n) is 3.60. The number of rotatable bonds is 6. The van der Waals surface area contributed by atoms with Crippen LogP contribution in [0.15, 0.2) is 53.4 Å². The van der Waals surface area contributed by atoms with Crippen molar-refractivity contribution in [2.24, 2.45) is 0 Å². The molecule has 0 atom stereocenters. The van der Waals surface area contributed by atoms with Crippen LogP contribution in [0.25, 0.3) is 0 Å². The Hall–Kier alpha value is -2.01. The normalized spacial score (nSPS) is 11.2. The molecule has 0 aliphatic carbocycles. The van der Waals surface area contributed by atoms with Gasteiger partial charge in [-0.3, -0.25) is 0 Å². The Morgan fingerprint density at radius 3 is 2.09 bits per heavy atom. The predicted molar refractivity (Wildman–Crippen MR) is 89.3 cm³/mol. The Bertz CT molecular complexity index is 707. The molecule has 118 valence electrons. The molecular weight excluding hydrogens is 298 g/mol. The van der Waals surface area contributed by atoms with Gasteiger partial charge in [0.25, 0.3) is 0 Å². The summed E-state index contributed by atoms with van der Waals surface area (Å²) in [5, 5.41) is 0. The minimum absolute atomic E-state index is 0.119. The molecule has 0 amide bonds. The lowest BCUT2D eigenvalue weighted by atomic mass is 10.2. The predicted octanol–water partition coefficient (Wildman–Crippen LogP) is 3.13. The second-order valence-electron chi connectivity index (χ2n) is 5.10. The van der Waals surface area contributed by atoms with E-state index >= 15 is 0 Å². The zero-order valence-electron chi connectivity index (χ0n) is 13.1. The van der Waals surface area contributed by atoms with Gasteiger partial charge in [0.2, 0.25) is 0 Å². The van der Waals surface area contributed by atoms with Crippen LogP contribution in [-0.4, -0.2) is 28.3 Å². The van der Waals surface area contributed by atoms with Crippen LogP contribution in [0.1, 0.15) is 12.5 Å². The summed E-state index contributed by atoms with van der Waals surface area (Å²) in [6.45, 7) is 2.39. The second-order valence-corrected chi connectivity index (χ2v) is 7.38. The number of hydrogen-bond donors (Lipinski definition) is 0. The van der Waals surface area contributed by atoms with Crippen LogP contribution < -0.4 is 9.64 Å². The lowest BCUT2D eigenvalue weighted by molar-refractivity contribution is 0.414. The molecule has 0 N–H and O–H groups in total. The van der Waals surface area contributed by atoms with E-state index < -0.39 is 9.84 Å². The second kappa shape index (κ2) is 6.83. The highest BCUT2D eigenvalue weighted by molar-refractivity contribution is 7.91. The van der Waals surface area contributed by atoms with E-state index in [9.17, 15) is 8.42 Å². The van der Waals surface area contributed by atoms with E-state index in [4.69, 9.17) is 4.74 Å². The van der Waals surface area contributed by atoms with Gasteiger partial charge in [-0.1, -0.05) is 19.1 Å². The molecule has 0 bridgehead atoms. The van der Waals surface area contributed by atoms with E-state index in [1.54, 1.807) is 26.2 Å². The fraction of sp³-hybridized carbons (Fsp3) is 0.294. The average Bonchev–Trinajstić information content (AvgIpc) is 2.55. The van der Waals surface area contributed by atoms with Crippen LogP contribution in [0.2, 0.25) is 0 Å². The van der Waals surface area contributed by atoms with Crippen LogP contribution in [0, 0.1) is 0 Å². The zero-order chi connectivity index (χ0) is 16.2. The standard InChI is InChI=1S/C17H21NO3S/c1-4-22(19,20)17-11-7-15(8-12-17)18(2)13-14-5-9-16(21-3)10-6-14/h5-12H,4,13H2,1-3H3. The van der Waals surface area contributed by atoms with Crippen molar-refractivity contribution in [1.29, 1.82) is 0 Å². The molecule has 5 heteroatoms. The molecule has 0 heterocycles. The summed E-state index contributed by atoms with van der Waals surface area (Å²) < 4.78 is 28.8. The molecule has 4 nitrogen and oxygen atoms in total. The highest BCUT2D eigenvalue weighted by Crippen LogP contribution is 2.20. The Kier molecular flexibility index (Phi) is 5.08. The minimum Gasteiger partial charge on any atom is -0.497 e. The average molecular weight is 319 g/mol. The van der Waals surface area contributed by atoms with E-state index in [1.165, 1.54) is 0 Å². The number of ether oxygens (including phenoxy) is 1. The molecule has 2 rings (SSSR count). The maximum atomic E-state index is 11.8. The van der Waals surface area contributed by atoms with Gasteiger partial charge in [0, 0.05) is 19.3 Å². The van der Waals surface area contributed by atoms with Gasteiger partial charge >= 0.3 is 0 Å². The molecule has 0 saturated heterocycles. The Balaban J connectivity index is 2.10. The summed E-state index contributed by atoms with van der Waals surface area (Å²) in [5.74, 6) is 0.953. The molecule has 0 saturated carbocycles. The molecular formula is C17H21NO3S. The molecule has 0 radical (unpaired) electrons.